The fraction of sp³-hybridized carbons (Fsp3) is 0.630. The van der Waals surface area contributed by atoms with Gasteiger partial charge in [0, 0.05) is 50.3 Å². The van der Waals surface area contributed by atoms with E-state index in [4.69, 9.17) is 21.1 Å². The summed E-state index contributed by atoms with van der Waals surface area (Å²) in [4.78, 5) is 30.5. The highest BCUT2D eigenvalue weighted by Gasteiger charge is 2.52. The molecule has 1 spiro atoms. The number of aromatic nitrogens is 3. The number of halogens is 3. The monoisotopic (exact) mass is 563 g/mol. The van der Waals surface area contributed by atoms with Crippen LogP contribution in [0.25, 0.3) is 0 Å². The smallest absolute Gasteiger partial charge is 0.282 e. The highest BCUT2D eigenvalue weighted by Crippen LogP contribution is 2.54. The summed E-state index contributed by atoms with van der Waals surface area (Å²) in [6.07, 6.45) is 2.35. The third-order valence-corrected chi connectivity index (χ3v) is 8.93. The van der Waals surface area contributed by atoms with Crippen LogP contribution in [0.4, 0.5) is 8.78 Å². The molecule has 1 saturated carbocycles. The Labute approximate surface area is 230 Å². The van der Waals surface area contributed by atoms with E-state index in [0.29, 0.717) is 61.8 Å². The number of nitrogens with zero attached hydrogens (tertiary/aromatic N) is 5. The molecule has 2 amide bonds. The zero-order valence-corrected chi connectivity index (χ0v) is 22.6. The van der Waals surface area contributed by atoms with Gasteiger partial charge in [0.25, 0.3) is 12.3 Å². The number of rotatable bonds is 7. The van der Waals surface area contributed by atoms with E-state index in [-0.39, 0.29) is 35.2 Å². The van der Waals surface area contributed by atoms with Gasteiger partial charge in [0.2, 0.25) is 5.91 Å². The van der Waals surface area contributed by atoms with Gasteiger partial charge in [-0.15, -0.1) is 5.10 Å². The normalized spacial score (nSPS) is 24.0. The number of benzene rings is 1. The van der Waals surface area contributed by atoms with E-state index in [9.17, 15) is 18.4 Å². The van der Waals surface area contributed by atoms with Crippen molar-refractivity contribution in [2.45, 2.75) is 70.1 Å². The predicted octanol–water partition coefficient (Wildman–Crippen LogP) is 3.99. The van der Waals surface area contributed by atoms with E-state index in [1.54, 1.807) is 17.0 Å². The van der Waals surface area contributed by atoms with Gasteiger partial charge in [-0.1, -0.05) is 16.8 Å². The first kappa shape index (κ1) is 26.4. The van der Waals surface area contributed by atoms with E-state index in [1.807, 2.05) is 4.90 Å². The van der Waals surface area contributed by atoms with Crippen molar-refractivity contribution >= 4 is 23.4 Å². The van der Waals surface area contributed by atoms with Crippen LogP contribution in [0.5, 0.6) is 5.75 Å². The van der Waals surface area contributed by atoms with Gasteiger partial charge >= 0.3 is 0 Å². The van der Waals surface area contributed by atoms with E-state index in [1.165, 1.54) is 7.05 Å². The van der Waals surface area contributed by atoms with Gasteiger partial charge in [0.1, 0.15) is 29.8 Å². The van der Waals surface area contributed by atoms with Crippen LogP contribution in [-0.2, 0) is 34.4 Å². The summed E-state index contributed by atoms with van der Waals surface area (Å²) < 4.78 is 40.2. The number of fused-ring (bicyclic) bond motifs is 1. The zero-order chi connectivity index (χ0) is 27.3. The molecule has 1 unspecified atom stereocenters. The molecule has 12 heteroatoms. The number of likely N-dealkylation sites (tertiary alicyclic amines) is 1. The van der Waals surface area contributed by atoms with Crippen LogP contribution < -0.4 is 4.74 Å². The minimum Gasteiger partial charge on any atom is -0.487 e. The van der Waals surface area contributed by atoms with E-state index in [0.717, 1.165) is 35.9 Å². The summed E-state index contributed by atoms with van der Waals surface area (Å²) in [6.45, 7) is 1.75. The van der Waals surface area contributed by atoms with Crippen molar-refractivity contribution in [1.82, 2.24) is 24.8 Å². The van der Waals surface area contributed by atoms with E-state index < -0.39 is 18.6 Å². The zero-order valence-electron chi connectivity index (χ0n) is 21.9. The number of alkyl halides is 2. The Kier molecular flexibility index (Phi) is 6.99. The van der Waals surface area contributed by atoms with Crippen molar-refractivity contribution < 1.29 is 27.8 Å². The minimum atomic E-state index is -2.75. The Morgan fingerprint density at radius 3 is 2.82 bits per heavy atom. The van der Waals surface area contributed by atoms with Gasteiger partial charge in [-0.3, -0.25) is 9.59 Å². The number of hydrogen-bond acceptors (Lipinski definition) is 6. The Morgan fingerprint density at radius 1 is 1.31 bits per heavy atom. The molecule has 4 heterocycles. The number of amides is 2. The molecule has 4 aliphatic rings. The van der Waals surface area contributed by atoms with Crippen molar-refractivity contribution in [1.29, 1.82) is 0 Å². The lowest BCUT2D eigenvalue weighted by atomic mass is 9.90. The quantitative estimate of drug-likeness (QED) is 0.506. The van der Waals surface area contributed by atoms with Crippen LogP contribution in [0.2, 0.25) is 5.02 Å². The Hall–Kier alpha value is -2.79. The molecule has 9 nitrogen and oxygen atoms in total. The largest absolute Gasteiger partial charge is 0.487 e. The molecule has 1 aromatic carbocycles. The molecule has 2 aromatic rings. The molecule has 0 bridgehead atoms. The average Bonchev–Trinajstić information content (AvgIpc) is 3.46. The van der Waals surface area contributed by atoms with Gasteiger partial charge in [-0.05, 0) is 61.6 Å². The Morgan fingerprint density at radius 2 is 2.13 bits per heavy atom. The maximum Gasteiger partial charge on any atom is 0.282 e. The maximum absolute atomic E-state index is 13.8. The molecule has 1 aromatic heterocycles. The molecule has 3 aliphatic heterocycles. The highest BCUT2D eigenvalue weighted by molar-refractivity contribution is 6.31. The molecule has 6 rings (SSSR count). The van der Waals surface area contributed by atoms with Crippen molar-refractivity contribution in [2.24, 2.45) is 12.5 Å². The molecule has 2 saturated heterocycles. The number of carbonyl (C=O) groups excluding carboxylic acids is 2. The first-order valence-electron chi connectivity index (χ1n) is 13.6. The van der Waals surface area contributed by atoms with Crippen LogP contribution in [0.1, 0.15) is 73.5 Å². The van der Waals surface area contributed by atoms with Crippen LogP contribution in [0.15, 0.2) is 12.1 Å². The summed E-state index contributed by atoms with van der Waals surface area (Å²) in [5.41, 5.74) is 1.36. The molecule has 3 fully saturated rings. The summed E-state index contributed by atoms with van der Waals surface area (Å²) in [7, 11) is 1.41. The lowest BCUT2D eigenvalue weighted by Gasteiger charge is -2.42. The summed E-state index contributed by atoms with van der Waals surface area (Å²) >= 11 is 6.65. The second-order valence-corrected chi connectivity index (χ2v) is 11.6. The molecule has 39 heavy (non-hydrogen) atoms. The lowest BCUT2D eigenvalue weighted by molar-refractivity contribution is -0.150. The average molecular weight is 564 g/mol. The third-order valence-electron chi connectivity index (χ3n) is 8.58. The van der Waals surface area contributed by atoms with Gasteiger partial charge in [0.05, 0.1) is 6.04 Å². The van der Waals surface area contributed by atoms with Crippen molar-refractivity contribution in [3.8, 4) is 5.75 Å². The SMILES string of the molecule is Cn1nnc(COc2ccc(Cl)c3c2[C@@H](CN2CC4(CC4)CC2=O)N(C(=O)C2CCCCO2)CC3)c1C(F)F. The van der Waals surface area contributed by atoms with Crippen molar-refractivity contribution in [2.75, 3.05) is 26.2 Å². The first-order valence-corrected chi connectivity index (χ1v) is 13.9. The molecule has 0 radical (unpaired) electrons. The first-order chi connectivity index (χ1) is 18.8. The summed E-state index contributed by atoms with van der Waals surface area (Å²) in [5.74, 6) is 0.421. The number of carbonyl (C=O) groups is 2. The number of hydrogen-bond donors (Lipinski definition) is 0. The predicted molar refractivity (Wildman–Crippen MR) is 136 cm³/mol. The van der Waals surface area contributed by atoms with Crippen LogP contribution in [0.3, 0.4) is 0 Å². The van der Waals surface area contributed by atoms with Crippen LogP contribution in [-0.4, -0.2) is 69.0 Å². The van der Waals surface area contributed by atoms with Gasteiger partial charge < -0.3 is 19.3 Å². The second kappa shape index (κ2) is 10.3. The van der Waals surface area contributed by atoms with E-state index in [2.05, 4.69) is 10.3 Å². The third kappa shape index (κ3) is 4.99. The molecule has 2 atom stereocenters. The molecular weight excluding hydrogens is 532 g/mol. The highest BCUT2D eigenvalue weighted by atomic mass is 35.5. The summed E-state index contributed by atoms with van der Waals surface area (Å²) in [5, 5.41) is 8.14. The topological polar surface area (TPSA) is 89.8 Å². The number of aryl methyl sites for hydroxylation is 1. The fourth-order valence-electron chi connectivity index (χ4n) is 6.27. The second-order valence-electron chi connectivity index (χ2n) is 11.2. The number of ether oxygens (including phenoxy) is 2. The Bertz CT molecular complexity index is 1280. The standard InChI is InChI=1S/C27H32ClF2N5O4/c1-33-24(25(29)30)18(31-32-33)14-39-20-6-5-17(28)16-7-10-35(26(37)21-4-2-3-11-38-21)19(23(16)20)13-34-15-27(8-9-27)12-22(34)36/h5-6,19,21,25H,2-4,7-15H2,1H3/t19-,21?/m1/s1. The minimum absolute atomic E-state index is 0.0393. The van der Waals surface area contributed by atoms with E-state index >= 15 is 0 Å². The van der Waals surface area contributed by atoms with Crippen molar-refractivity contribution in [3.63, 3.8) is 0 Å². The fourth-order valence-corrected chi connectivity index (χ4v) is 6.53. The molecular formula is C27H32ClF2N5O4. The molecule has 1 aliphatic carbocycles. The van der Waals surface area contributed by atoms with Gasteiger partial charge in [-0.2, -0.15) is 0 Å². The summed E-state index contributed by atoms with van der Waals surface area (Å²) in [6, 6.07) is 2.92. The van der Waals surface area contributed by atoms with Crippen molar-refractivity contribution in [3.05, 3.63) is 39.7 Å². The van der Waals surface area contributed by atoms with Gasteiger partial charge in [-0.25, -0.2) is 13.5 Å². The van der Waals surface area contributed by atoms with Crippen LogP contribution in [0, 0.1) is 5.41 Å². The molecule has 0 N–H and O–H groups in total. The maximum atomic E-state index is 13.8. The lowest BCUT2D eigenvalue weighted by Crippen LogP contribution is -2.50. The molecule has 210 valence electrons. The Balaban J connectivity index is 1.34. The van der Waals surface area contributed by atoms with Crippen LogP contribution >= 0.6 is 11.6 Å². The van der Waals surface area contributed by atoms with Gasteiger partial charge in [0.15, 0.2) is 0 Å².